The second kappa shape index (κ2) is 6.89. The van der Waals surface area contributed by atoms with Crippen molar-refractivity contribution in [2.75, 3.05) is 13.2 Å². The van der Waals surface area contributed by atoms with Gasteiger partial charge in [-0.2, -0.15) is 0 Å². The van der Waals surface area contributed by atoms with Gasteiger partial charge in [0.25, 0.3) is 0 Å². The highest BCUT2D eigenvalue weighted by molar-refractivity contribution is 6.37. The Balaban J connectivity index is 1.59. The Bertz CT molecular complexity index is 741. The summed E-state index contributed by atoms with van der Waals surface area (Å²) >= 11 is 6.44. The smallest absolute Gasteiger partial charge is 0.165 e. The molecule has 3 nitrogen and oxygen atoms in total. The van der Waals surface area contributed by atoms with E-state index in [1.54, 1.807) is 0 Å². The Hall–Kier alpha value is -1.32. The molecular formula is C20H24ClNO2. The number of ketones is 1. The molecule has 2 aromatic rings. The number of rotatable bonds is 5. The van der Waals surface area contributed by atoms with E-state index >= 15 is 0 Å². The fraction of sp³-hybridized carbons (Fsp3) is 0.550. The summed E-state index contributed by atoms with van der Waals surface area (Å²) in [6, 6.07) is 6.21. The Morgan fingerprint density at radius 1 is 1.21 bits per heavy atom. The fourth-order valence-electron chi connectivity index (χ4n) is 4.11. The monoisotopic (exact) mass is 345 g/mol. The third kappa shape index (κ3) is 3.00. The number of ether oxygens (including phenoxy) is 1. The molecule has 128 valence electrons. The molecule has 1 aliphatic carbocycles. The highest BCUT2D eigenvalue weighted by Crippen LogP contribution is 2.34. The average molecular weight is 346 g/mol. The number of Topliss-reactive ketones (excluding diaryl/α,β-unsaturated/α-hetero) is 1. The number of benzene rings is 1. The fourth-order valence-corrected chi connectivity index (χ4v) is 4.38. The molecule has 0 spiro atoms. The zero-order valence-corrected chi connectivity index (χ0v) is 14.7. The maximum atomic E-state index is 12.9. The summed E-state index contributed by atoms with van der Waals surface area (Å²) in [5.41, 5.74) is 1.84. The largest absolute Gasteiger partial charge is 0.377 e. The van der Waals surface area contributed by atoms with E-state index in [0.717, 1.165) is 28.8 Å². The van der Waals surface area contributed by atoms with Crippen LogP contribution in [0, 0.1) is 5.92 Å². The van der Waals surface area contributed by atoms with Gasteiger partial charge in [0, 0.05) is 23.6 Å². The van der Waals surface area contributed by atoms with Crippen molar-refractivity contribution in [1.29, 1.82) is 0 Å². The molecule has 0 bridgehead atoms. The maximum absolute atomic E-state index is 12.9. The predicted octanol–water partition coefficient (Wildman–Crippen LogP) is 5.41. The van der Waals surface area contributed by atoms with E-state index in [4.69, 9.17) is 16.3 Å². The lowest BCUT2D eigenvalue weighted by molar-refractivity contribution is -0.0214. The summed E-state index contributed by atoms with van der Waals surface area (Å²) in [4.78, 5) is 12.9. The number of hydrogen-bond acceptors (Lipinski definition) is 2. The number of carbonyl (C=O) groups excluding carboxylic acids is 1. The molecule has 24 heavy (non-hydrogen) atoms. The molecule has 4 rings (SSSR count). The van der Waals surface area contributed by atoms with Gasteiger partial charge in [-0.15, -0.1) is 0 Å². The van der Waals surface area contributed by atoms with E-state index in [-0.39, 0.29) is 5.78 Å². The maximum Gasteiger partial charge on any atom is 0.165 e. The standard InChI is InChI=1S/C20H24ClNO2/c21-17-7-4-8-18-20(17)16(11-22(18)15-12-24-13-15)19(23)10-9-14-5-2-1-3-6-14/h4,7-8,11,14-15H,1-3,5-6,9-10,12-13H2. The van der Waals surface area contributed by atoms with Crippen LogP contribution >= 0.6 is 11.6 Å². The Labute approximate surface area is 147 Å². The molecule has 1 saturated heterocycles. The Morgan fingerprint density at radius 2 is 2.00 bits per heavy atom. The first-order chi connectivity index (χ1) is 11.7. The quantitative estimate of drug-likeness (QED) is 0.678. The molecule has 2 heterocycles. The van der Waals surface area contributed by atoms with Crippen molar-refractivity contribution in [2.24, 2.45) is 5.92 Å². The van der Waals surface area contributed by atoms with Crippen LogP contribution in [-0.4, -0.2) is 23.6 Å². The highest BCUT2D eigenvalue weighted by atomic mass is 35.5. The van der Waals surface area contributed by atoms with Gasteiger partial charge in [0.15, 0.2) is 5.78 Å². The van der Waals surface area contributed by atoms with Gasteiger partial charge in [-0.1, -0.05) is 49.8 Å². The van der Waals surface area contributed by atoms with Crippen LogP contribution in [0.25, 0.3) is 10.9 Å². The molecule has 0 N–H and O–H groups in total. The zero-order chi connectivity index (χ0) is 16.5. The van der Waals surface area contributed by atoms with Crippen LogP contribution in [0.1, 0.15) is 61.3 Å². The highest BCUT2D eigenvalue weighted by Gasteiger charge is 2.26. The molecule has 0 atom stereocenters. The minimum Gasteiger partial charge on any atom is -0.377 e. The number of nitrogens with zero attached hydrogens (tertiary/aromatic N) is 1. The summed E-state index contributed by atoms with van der Waals surface area (Å²) in [7, 11) is 0. The van der Waals surface area contributed by atoms with Gasteiger partial charge in [-0.25, -0.2) is 0 Å². The van der Waals surface area contributed by atoms with Crippen molar-refractivity contribution in [3.63, 3.8) is 0 Å². The van der Waals surface area contributed by atoms with Crippen molar-refractivity contribution in [3.05, 3.63) is 35.0 Å². The third-order valence-corrected chi connectivity index (χ3v) is 5.94. The molecule has 0 amide bonds. The molecule has 1 aliphatic heterocycles. The van der Waals surface area contributed by atoms with Crippen molar-refractivity contribution < 1.29 is 9.53 Å². The molecule has 1 aromatic heterocycles. The first-order valence-corrected chi connectivity index (χ1v) is 9.52. The molecule has 0 radical (unpaired) electrons. The molecule has 2 fully saturated rings. The summed E-state index contributed by atoms with van der Waals surface area (Å²) < 4.78 is 7.51. The average Bonchev–Trinajstić information content (AvgIpc) is 2.93. The van der Waals surface area contributed by atoms with Gasteiger partial charge in [0.05, 0.1) is 29.8 Å². The lowest BCUT2D eigenvalue weighted by Crippen LogP contribution is -2.30. The summed E-state index contributed by atoms with van der Waals surface area (Å²) in [6.45, 7) is 1.43. The van der Waals surface area contributed by atoms with Crippen LogP contribution in [0.3, 0.4) is 0 Å². The Kier molecular flexibility index (Phi) is 4.64. The molecule has 0 unspecified atom stereocenters. The molecule has 1 saturated carbocycles. The van der Waals surface area contributed by atoms with Crippen LogP contribution in [0.15, 0.2) is 24.4 Å². The molecule has 2 aliphatic rings. The van der Waals surface area contributed by atoms with Gasteiger partial charge in [0.2, 0.25) is 0 Å². The lowest BCUT2D eigenvalue weighted by atomic mass is 9.85. The van der Waals surface area contributed by atoms with E-state index in [1.807, 2.05) is 18.3 Å². The lowest BCUT2D eigenvalue weighted by Gasteiger charge is -2.28. The van der Waals surface area contributed by atoms with Crippen molar-refractivity contribution in [2.45, 2.75) is 51.0 Å². The van der Waals surface area contributed by atoms with Crippen LogP contribution in [0.5, 0.6) is 0 Å². The van der Waals surface area contributed by atoms with Crippen LogP contribution in [-0.2, 0) is 4.74 Å². The number of halogens is 1. The van der Waals surface area contributed by atoms with Gasteiger partial charge >= 0.3 is 0 Å². The normalized spacial score (nSPS) is 19.5. The van der Waals surface area contributed by atoms with E-state index in [2.05, 4.69) is 10.6 Å². The topological polar surface area (TPSA) is 31.2 Å². The SMILES string of the molecule is O=C(CCC1CCCCC1)c1cn(C2COC2)c2cccc(Cl)c12. The number of aromatic nitrogens is 1. The number of carbonyl (C=O) groups is 1. The van der Waals surface area contributed by atoms with Crippen LogP contribution in [0.4, 0.5) is 0 Å². The van der Waals surface area contributed by atoms with Crippen molar-refractivity contribution >= 4 is 28.3 Å². The second-order valence-electron chi connectivity index (χ2n) is 7.24. The van der Waals surface area contributed by atoms with Gasteiger partial charge < -0.3 is 9.30 Å². The van der Waals surface area contributed by atoms with E-state index in [0.29, 0.717) is 30.7 Å². The van der Waals surface area contributed by atoms with Crippen molar-refractivity contribution in [1.82, 2.24) is 4.57 Å². The summed E-state index contributed by atoms with van der Waals surface area (Å²) in [6.07, 6.45) is 10.2. The van der Waals surface area contributed by atoms with Gasteiger partial charge in [-0.05, 0) is 24.5 Å². The van der Waals surface area contributed by atoms with Gasteiger partial charge in [-0.3, -0.25) is 4.79 Å². The van der Waals surface area contributed by atoms with Crippen LogP contribution in [0.2, 0.25) is 5.02 Å². The van der Waals surface area contributed by atoms with E-state index in [9.17, 15) is 4.79 Å². The third-order valence-electron chi connectivity index (χ3n) is 5.63. The second-order valence-corrected chi connectivity index (χ2v) is 7.65. The molecular weight excluding hydrogens is 322 g/mol. The minimum absolute atomic E-state index is 0.234. The number of fused-ring (bicyclic) bond motifs is 1. The number of hydrogen-bond donors (Lipinski definition) is 0. The van der Waals surface area contributed by atoms with Crippen LogP contribution < -0.4 is 0 Å². The first kappa shape index (κ1) is 16.2. The Morgan fingerprint density at radius 3 is 2.71 bits per heavy atom. The van der Waals surface area contributed by atoms with Gasteiger partial charge in [0.1, 0.15) is 0 Å². The summed E-state index contributed by atoms with van der Waals surface area (Å²) in [5, 5.41) is 1.59. The van der Waals surface area contributed by atoms with E-state index < -0.39 is 0 Å². The minimum atomic E-state index is 0.234. The first-order valence-electron chi connectivity index (χ1n) is 9.14. The predicted molar refractivity (Wildman–Crippen MR) is 96.9 cm³/mol. The molecule has 4 heteroatoms. The zero-order valence-electron chi connectivity index (χ0n) is 14.0. The van der Waals surface area contributed by atoms with Crippen molar-refractivity contribution in [3.8, 4) is 0 Å². The van der Waals surface area contributed by atoms with E-state index in [1.165, 1.54) is 32.1 Å². The molecule has 1 aromatic carbocycles. The summed E-state index contributed by atoms with van der Waals surface area (Å²) in [5.74, 6) is 0.962.